The van der Waals surface area contributed by atoms with Crippen molar-refractivity contribution in [3.63, 3.8) is 0 Å². The summed E-state index contributed by atoms with van der Waals surface area (Å²) >= 11 is 0. The molecule has 0 amide bonds. The van der Waals surface area contributed by atoms with Crippen LogP contribution in [0.4, 0.5) is 5.82 Å². The highest BCUT2D eigenvalue weighted by Gasteiger charge is 2.26. The fourth-order valence-corrected chi connectivity index (χ4v) is 3.49. The van der Waals surface area contributed by atoms with Crippen molar-refractivity contribution in [2.75, 3.05) is 18.0 Å². The highest BCUT2D eigenvalue weighted by Crippen LogP contribution is 2.29. The van der Waals surface area contributed by atoms with Gasteiger partial charge >= 0.3 is 0 Å². The Morgan fingerprint density at radius 2 is 1.74 bits per heavy atom. The Labute approximate surface area is 157 Å². The summed E-state index contributed by atoms with van der Waals surface area (Å²) in [5.41, 5.74) is 1.71. The topological polar surface area (TPSA) is 81.2 Å². The summed E-state index contributed by atoms with van der Waals surface area (Å²) in [4.78, 5) is 13.8. The van der Waals surface area contributed by atoms with Crippen LogP contribution in [-0.2, 0) is 12.5 Å². The predicted octanol–water partition coefficient (Wildman–Crippen LogP) is 1.90. The summed E-state index contributed by atoms with van der Waals surface area (Å²) in [5.74, 6) is 2.09. The number of hydrogen-bond acceptors (Lipinski definition) is 6. The Kier molecular flexibility index (Phi) is 4.20. The molecule has 27 heavy (non-hydrogen) atoms. The van der Waals surface area contributed by atoms with E-state index in [0.717, 1.165) is 48.9 Å². The molecular weight excluding hydrogens is 342 g/mol. The van der Waals surface area contributed by atoms with Crippen LogP contribution in [0.5, 0.6) is 0 Å². The van der Waals surface area contributed by atoms with Crippen LogP contribution in [0.2, 0.25) is 0 Å². The first-order valence-electron chi connectivity index (χ1n) is 9.35. The SMILES string of the molecule is Cn1nc(N2CCC(c3nnc4ccc(C(C)(C)C)nn34)CC2)ccc1=O. The molecule has 0 N–H and O–H groups in total. The lowest BCUT2D eigenvalue weighted by Crippen LogP contribution is -2.35. The molecule has 0 bridgehead atoms. The maximum absolute atomic E-state index is 11.5. The van der Waals surface area contributed by atoms with E-state index in [2.05, 4.69) is 41.0 Å². The van der Waals surface area contributed by atoms with Crippen LogP contribution >= 0.6 is 0 Å². The Morgan fingerprint density at radius 1 is 1.00 bits per heavy atom. The predicted molar refractivity (Wildman–Crippen MR) is 103 cm³/mol. The highest BCUT2D eigenvalue weighted by molar-refractivity contribution is 5.39. The first-order valence-corrected chi connectivity index (χ1v) is 9.35. The van der Waals surface area contributed by atoms with Crippen LogP contribution < -0.4 is 10.5 Å². The van der Waals surface area contributed by atoms with Crippen molar-refractivity contribution in [3.8, 4) is 0 Å². The largest absolute Gasteiger partial charge is 0.355 e. The van der Waals surface area contributed by atoms with E-state index < -0.39 is 0 Å². The van der Waals surface area contributed by atoms with Gasteiger partial charge in [0.2, 0.25) is 0 Å². The molecule has 4 heterocycles. The molecule has 0 unspecified atom stereocenters. The van der Waals surface area contributed by atoms with Gasteiger partial charge in [0, 0.05) is 37.5 Å². The molecule has 0 spiro atoms. The van der Waals surface area contributed by atoms with Gasteiger partial charge in [-0.3, -0.25) is 4.79 Å². The monoisotopic (exact) mass is 367 g/mol. The number of anilines is 1. The van der Waals surface area contributed by atoms with Gasteiger partial charge in [-0.05, 0) is 31.0 Å². The van der Waals surface area contributed by atoms with Gasteiger partial charge in [-0.2, -0.15) is 14.7 Å². The molecular formula is C19H25N7O. The molecule has 0 aliphatic carbocycles. The molecule has 8 heteroatoms. The summed E-state index contributed by atoms with van der Waals surface area (Å²) < 4.78 is 3.29. The lowest BCUT2D eigenvalue weighted by Gasteiger charge is -2.31. The Hall–Kier alpha value is -2.77. The van der Waals surface area contributed by atoms with Gasteiger partial charge in [-0.15, -0.1) is 10.2 Å². The van der Waals surface area contributed by atoms with Gasteiger partial charge in [-0.1, -0.05) is 20.8 Å². The number of aryl methyl sites for hydroxylation is 1. The number of nitrogens with zero attached hydrogens (tertiary/aromatic N) is 7. The minimum absolute atomic E-state index is 0.0198. The minimum atomic E-state index is -0.0932. The molecule has 4 rings (SSSR count). The molecule has 142 valence electrons. The van der Waals surface area contributed by atoms with Crippen molar-refractivity contribution in [3.05, 3.63) is 46.1 Å². The van der Waals surface area contributed by atoms with Crippen molar-refractivity contribution in [2.24, 2.45) is 7.05 Å². The average molecular weight is 367 g/mol. The normalized spacial score (nSPS) is 16.2. The summed E-state index contributed by atoms with van der Waals surface area (Å²) in [5, 5.41) is 17.9. The lowest BCUT2D eigenvalue weighted by molar-refractivity contribution is 0.468. The van der Waals surface area contributed by atoms with Crippen LogP contribution in [0.1, 0.15) is 51.0 Å². The zero-order chi connectivity index (χ0) is 19.2. The van der Waals surface area contributed by atoms with Gasteiger partial charge in [0.25, 0.3) is 5.56 Å². The fourth-order valence-electron chi connectivity index (χ4n) is 3.49. The van der Waals surface area contributed by atoms with E-state index in [9.17, 15) is 4.79 Å². The molecule has 3 aromatic heterocycles. The highest BCUT2D eigenvalue weighted by atomic mass is 16.1. The van der Waals surface area contributed by atoms with Crippen LogP contribution in [0.15, 0.2) is 29.1 Å². The maximum atomic E-state index is 11.5. The molecule has 1 aliphatic rings. The van der Waals surface area contributed by atoms with Gasteiger partial charge in [-0.25, -0.2) is 4.68 Å². The second kappa shape index (κ2) is 6.44. The van der Waals surface area contributed by atoms with E-state index >= 15 is 0 Å². The van der Waals surface area contributed by atoms with Crippen molar-refractivity contribution in [2.45, 2.75) is 44.9 Å². The first-order chi connectivity index (χ1) is 12.8. The zero-order valence-electron chi connectivity index (χ0n) is 16.3. The van der Waals surface area contributed by atoms with Gasteiger partial charge in [0.1, 0.15) is 5.82 Å². The van der Waals surface area contributed by atoms with Crippen LogP contribution in [0, 0.1) is 0 Å². The van der Waals surface area contributed by atoms with E-state index in [1.807, 2.05) is 16.6 Å². The average Bonchev–Trinajstić information content (AvgIpc) is 3.07. The van der Waals surface area contributed by atoms with Crippen molar-refractivity contribution >= 4 is 11.5 Å². The molecule has 0 aromatic carbocycles. The van der Waals surface area contributed by atoms with Crippen molar-refractivity contribution in [1.29, 1.82) is 0 Å². The first kappa shape index (κ1) is 17.6. The molecule has 8 nitrogen and oxygen atoms in total. The Balaban J connectivity index is 1.56. The van der Waals surface area contributed by atoms with Crippen LogP contribution in [0.25, 0.3) is 5.65 Å². The van der Waals surface area contributed by atoms with Gasteiger partial charge < -0.3 is 4.90 Å². The molecule has 0 saturated carbocycles. The van der Waals surface area contributed by atoms with E-state index in [-0.39, 0.29) is 11.0 Å². The third-order valence-electron chi connectivity index (χ3n) is 5.19. The third-order valence-corrected chi connectivity index (χ3v) is 5.19. The molecule has 1 aliphatic heterocycles. The summed E-state index contributed by atoms with van der Waals surface area (Å²) in [7, 11) is 1.68. The van der Waals surface area contributed by atoms with Gasteiger partial charge in [0.05, 0.1) is 5.69 Å². The molecule has 1 fully saturated rings. The second-order valence-corrected chi connectivity index (χ2v) is 8.21. The number of piperidine rings is 1. The number of aromatic nitrogens is 6. The zero-order valence-corrected chi connectivity index (χ0v) is 16.3. The Morgan fingerprint density at radius 3 is 2.41 bits per heavy atom. The summed E-state index contributed by atoms with van der Waals surface area (Å²) in [6.07, 6.45) is 1.90. The van der Waals surface area contributed by atoms with E-state index in [1.54, 1.807) is 19.2 Å². The van der Waals surface area contributed by atoms with Crippen molar-refractivity contribution in [1.82, 2.24) is 29.6 Å². The van der Waals surface area contributed by atoms with Crippen LogP contribution in [-0.4, -0.2) is 42.7 Å². The molecule has 3 aromatic rings. The third kappa shape index (κ3) is 3.31. The van der Waals surface area contributed by atoms with Crippen molar-refractivity contribution < 1.29 is 0 Å². The number of fused-ring (bicyclic) bond motifs is 1. The Bertz CT molecular complexity index is 1020. The maximum Gasteiger partial charge on any atom is 0.266 e. The number of rotatable bonds is 2. The second-order valence-electron chi connectivity index (χ2n) is 8.21. The smallest absolute Gasteiger partial charge is 0.266 e. The molecule has 1 saturated heterocycles. The fraction of sp³-hybridized carbons (Fsp3) is 0.526. The minimum Gasteiger partial charge on any atom is -0.355 e. The lowest BCUT2D eigenvalue weighted by atomic mass is 9.92. The molecule has 0 radical (unpaired) electrons. The summed E-state index contributed by atoms with van der Waals surface area (Å²) in [6.45, 7) is 8.20. The van der Waals surface area contributed by atoms with E-state index in [0.29, 0.717) is 5.92 Å². The van der Waals surface area contributed by atoms with E-state index in [4.69, 9.17) is 5.10 Å². The van der Waals surface area contributed by atoms with Gasteiger partial charge in [0.15, 0.2) is 11.5 Å². The standard InChI is InChI=1S/C19H25N7O/c1-19(2,3)14-5-6-15-20-21-18(26(15)22-14)13-9-11-25(12-10-13)16-7-8-17(27)24(4)23-16/h5-8,13H,9-12H2,1-4H3. The molecule has 0 atom stereocenters. The number of hydrogen-bond donors (Lipinski definition) is 0. The van der Waals surface area contributed by atoms with Crippen LogP contribution in [0.3, 0.4) is 0 Å². The summed E-state index contributed by atoms with van der Waals surface area (Å²) in [6, 6.07) is 7.39. The van der Waals surface area contributed by atoms with E-state index in [1.165, 1.54) is 4.68 Å². The quantitative estimate of drug-likeness (QED) is 0.688.